The third-order valence-corrected chi connectivity index (χ3v) is 5.02. The van der Waals surface area contributed by atoms with Crippen LogP contribution in [0.5, 0.6) is 0 Å². The number of carbonyl (C=O) groups is 2. The standard InChI is InChI=1S/C20H24N2O3/c1-14-6-3-4-7-17(14)22(2)20(24)15-9-11-16(12-10-15)21-19(23)18-8-5-13-25-18/h5,8-14,17H,3-4,6-7H2,1-2H3,(H,21,23). The van der Waals surface area contributed by atoms with E-state index < -0.39 is 0 Å². The Morgan fingerprint density at radius 2 is 1.84 bits per heavy atom. The molecule has 1 aromatic carbocycles. The Morgan fingerprint density at radius 3 is 2.48 bits per heavy atom. The molecule has 1 fully saturated rings. The van der Waals surface area contributed by atoms with Crippen molar-refractivity contribution in [3.05, 3.63) is 54.0 Å². The zero-order chi connectivity index (χ0) is 17.8. The smallest absolute Gasteiger partial charge is 0.291 e. The monoisotopic (exact) mass is 340 g/mol. The SMILES string of the molecule is CC1CCCCC1N(C)C(=O)c1ccc(NC(=O)c2ccco2)cc1. The van der Waals surface area contributed by atoms with Crippen molar-refractivity contribution in [1.82, 2.24) is 4.90 Å². The maximum absolute atomic E-state index is 12.7. The Bertz CT molecular complexity index is 722. The number of carbonyl (C=O) groups excluding carboxylic acids is 2. The molecule has 5 heteroatoms. The number of rotatable bonds is 4. The minimum Gasteiger partial charge on any atom is -0.459 e. The first kappa shape index (κ1) is 17.3. The van der Waals surface area contributed by atoms with E-state index in [1.54, 1.807) is 36.4 Å². The largest absolute Gasteiger partial charge is 0.459 e. The topological polar surface area (TPSA) is 62.6 Å². The van der Waals surface area contributed by atoms with Crippen molar-refractivity contribution in [3.63, 3.8) is 0 Å². The molecular weight excluding hydrogens is 316 g/mol. The maximum atomic E-state index is 12.7. The van der Waals surface area contributed by atoms with Crippen LogP contribution in [0.2, 0.25) is 0 Å². The van der Waals surface area contributed by atoms with Crippen LogP contribution in [0.15, 0.2) is 47.1 Å². The van der Waals surface area contributed by atoms with Crippen molar-refractivity contribution < 1.29 is 14.0 Å². The predicted molar refractivity (Wildman–Crippen MR) is 96.6 cm³/mol. The lowest BCUT2D eigenvalue weighted by Crippen LogP contribution is -2.42. The van der Waals surface area contributed by atoms with Crippen molar-refractivity contribution in [2.75, 3.05) is 12.4 Å². The first-order valence-electron chi connectivity index (χ1n) is 8.78. The maximum Gasteiger partial charge on any atom is 0.291 e. The van der Waals surface area contributed by atoms with Gasteiger partial charge in [0.05, 0.1) is 6.26 Å². The molecule has 2 atom stereocenters. The van der Waals surface area contributed by atoms with E-state index in [1.165, 1.54) is 25.5 Å². The molecule has 0 aliphatic heterocycles. The van der Waals surface area contributed by atoms with E-state index in [-0.39, 0.29) is 17.6 Å². The van der Waals surface area contributed by atoms with Crippen LogP contribution in [0, 0.1) is 5.92 Å². The van der Waals surface area contributed by atoms with Gasteiger partial charge in [0, 0.05) is 24.3 Å². The Morgan fingerprint density at radius 1 is 1.12 bits per heavy atom. The van der Waals surface area contributed by atoms with Gasteiger partial charge in [0.1, 0.15) is 0 Å². The number of anilines is 1. The van der Waals surface area contributed by atoms with E-state index in [9.17, 15) is 9.59 Å². The Hall–Kier alpha value is -2.56. The molecule has 132 valence electrons. The molecule has 1 aromatic heterocycles. The van der Waals surface area contributed by atoms with Crippen LogP contribution in [-0.4, -0.2) is 29.8 Å². The molecule has 2 unspecified atom stereocenters. The van der Waals surface area contributed by atoms with E-state index in [1.807, 2.05) is 11.9 Å². The van der Waals surface area contributed by atoms with Crippen LogP contribution in [0.3, 0.4) is 0 Å². The summed E-state index contributed by atoms with van der Waals surface area (Å²) >= 11 is 0. The summed E-state index contributed by atoms with van der Waals surface area (Å²) in [6.07, 6.45) is 6.15. The number of hydrogen-bond donors (Lipinski definition) is 1. The molecule has 0 bridgehead atoms. The molecule has 5 nitrogen and oxygen atoms in total. The van der Waals surface area contributed by atoms with Gasteiger partial charge >= 0.3 is 0 Å². The summed E-state index contributed by atoms with van der Waals surface area (Å²) in [5.74, 6) is 0.514. The van der Waals surface area contributed by atoms with Crippen LogP contribution in [0.1, 0.15) is 53.5 Å². The molecule has 3 rings (SSSR count). The lowest BCUT2D eigenvalue weighted by molar-refractivity contribution is 0.0629. The second kappa shape index (κ2) is 7.55. The quantitative estimate of drug-likeness (QED) is 0.908. The molecule has 1 aliphatic rings. The highest BCUT2D eigenvalue weighted by molar-refractivity contribution is 6.02. The average Bonchev–Trinajstić information content (AvgIpc) is 3.16. The van der Waals surface area contributed by atoms with Crippen LogP contribution < -0.4 is 5.32 Å². The third kappa shape index (κ3) is 3.92. The normalized spacial score (nSPS) is 20.1. The number of nitrogens with one attached hydrogen (secondary N) is 1. The molecule has 0 saturated heterocycles. The van der Waals surface area contributed by atoms with Gasteiger partial charge in [-0.25, -0.2) is 0 Å². The number of amides is 2. The second-order valence-corrected chi connectivity index (χ2v) is 6.75. The summed E-state index contributed by atoms with van der Waals surface area (Å²) in [5, 5.41) is 2.75. The lowest BCUT2D eigenvalue weighted by atomic mass is 9.85. The minimum absolute atomic E-state index is 0.0302. The molecular formula is C20H24N2O3. The van der Waals surface area contributed by atoms with Crippen LogP contribution in [0.4, 0.5) is 5.69 Å². The van der Waals surface area contributed by atoms with Crippen molar-refractivity contribution in [1.29, 1.82) is 0 Å². The van der Waals surface area contributed by atoms with Crippen LogP contribution in [0.25, 0.3) is 0 Å². The van der Waals surface area contributed by atoms with Gasteiger partial charge in [-0.05, 0) is 55.2 Å². The fourth-order valence-electron chi connectivity index (χ4n) is 3.52. The molecule has 1 saturated carbocycles. The molecule has 0 spiro atoms. The summed E-state index contributed by atoms with van der Waals surface area (Å²) in [5.41, 5.74) is 1.27. The van der Waals surface area contributed by atoms with Crippen LogP contribution >= 0.6 is 0 Å². The van der Waals surface area contributed by atoms with Crippen LogP contribution in [-0.2, 0) is 0 Å². The fraction of sp³-hybridized carbons (Fsp3) is 0.400. The first-order chi connectivity index (χ1) is 12.1. The summed E-state index contributed by atoms with van der Waals surface area (Å²) < 4.78 is 5.07. The second-order valence-electron chi connectivity index (χ2n) is 6.75. The minimum atomic E-state index is -0.308. The van der Waals surface area contributed by atoms with Gasteiger partial charge in [-0.3, -0.25) is 9.59 Å². The van der Waals surface area contributed by atoms with Gasteiger partial charge in [0.15, 0.2) is 5.76 Å². The van der Waals surface area contributed by atoms with Crippen molar-refractivity contribution in [2.24, 2.45) is 5.92 Å². The zero-order valence-corrected chi connectivity index (χ0v) is 14.7. The lowest BCUT2D eigenvalue weighted by Gasteiger charge is -2.36. The predicted octanol–water partition coefficient (Wildman–Crippen LogP) is 4.18. The Kier molecular flexibility index (Phi) is 5.22. The molecule has 1 heterocycles. The van der Waals surface area contributed by atoms with Crippen molar-refractivity contribution >= 4 is 17.5 Å². The summed E-state index contributed by atoms with van der Waals surface area (Å²) in [6.45, 7) is 2.22. The van der Waals surface area contributed by atoms with Gasteiger partial charge in [0.2, 0.25) is 0 Å². The number of benzene rings is 1. The highest BCUT2D eigenvalue weighted by Gasteiger charge is 2.28. The Labute approximate surface area is 148 Å². The molecule has 1 N–H and O–H groups in total. The van der Waals surface area contributed by atoms with E-state index >= 15 is 0 Å². The molecule has 2 amide bonds. The molecule has 2 aromatic rings. The molecule has 1 aliphatic carbocycles. The van der Waals surface area contributed by atoms with E-state index in [4.69, 9.17) is 4.42 Å². The molecule has 0 radical (unpaired) electrons. The zero-order valence-electron chi connectivity index (χ0n) is 14.7. The Balaban J connectivity index is 1.65. The number of hydrogen-bond acceptors (Lipinski definition) is 3. The number of furan rings is 1. The summed E-state index contributed by atoms with van der Waals surface area (Å²) in [7, 11) is 1.89. The van der Waals surface area contributed by atoms with E-state index in [0.29, 0.717) is 23.2 Å². The van der Waals surface area contributed by atoms with Gasteiger partial charge in [0.25, 0.3) is 11.8 Å². The summed E-state index contributed by atoms with van der Waals surface area (Å²) in [6, 6.07) is 10.6. The highest BCUT2D eigenvalue weighted by atomic mass is 16.3. The van der Waals surface area contributed by atoms with Gasteiger partial charge in [-0.15, -0.1) is 0 Å². The summed E-state index contributed by atoms with van der Waals surface area (Å²) in [4.78, 5) is 26.6. The molecule has 25 heavy (non-hydrogen) atoms. The highest BCUT2D eigenvalue weighted by Crippen LogP contribution is 2.28. The number of nitrogens with zero attached hydrogens (tertiary/aromatic N) is 1. The van der Waals surface area contributed by atoms with Gasteiger partial charge in [-0.2, -0.15) is 0 Å². The fourth-order valence-corrected chi connectivity index (χ4v) is 3.52. The first-order valence-corrected chi connectivity index (χ1v) is 8.78. The van der Waals surface area contributed by atoms with Gasteiger partial charge in [-0.1, -0.05) is 19.8 Å². The van der Waals surface area contributed by atoms with Crippen molar-refractivity contribution in [3.8, 4) is 0 Å². The van der Waals surface area contributed by atoms with Gasteiger partial charge < -0.3 is 14.6 Å². The van der Waals surface area contributed by atoms with Crippen molar-refractivity contribution in [2.45, 2.75) is 38.6 Å². The third-order valence-electron chi connectivity index (χ3n) is 5.02. The average molecular weight is 340 g/mol. The van der Waals surface area contributed by atoms with E-state index in [2.05, 4.69) is 12.2 Å². The van der Waals surface area contributed by atoms with E-state index in [0.717, 1.165) is 6.42 Å².